The van der Waals surface area contributed by atoms with Crippen molar-refractivity contribution in [1.82, 2.24) is 4.98 Å². The summed E-state index contributed by atoms with van der Waals surface area (Å²) >= 11 is 0. The van der Waals surface area contributed by atoms with E-state index in [1.807, 2.05) is 26.8 Å². The maximum Gasteiger partial charge on any atom is 0.326 e. The molecule has 2 aromatic rings. The first-order valence-corrected chi connectivity index (χ1v) is 5.49. The van der Waals surface area contributed by atoms with Crippen LogP contribution < -0.4 is 5.73 Å². The fraction of sp³-hybridized carbons (Fsp3) is 0.308. The highest BCUT2D eigenvalue weighted by Crippen LogP contribution is 2.28. The van der Waals surface area contributed by atoms with Crippen molar-refractivity contribution < 1.29 is 9.90 Å². The second-order valence-corrected chi connectivity index (χ2v) is 4.48. The third kappa shape index (κ3) is 1.80. The first-order valence-electron chi connectivity index (χ1n) is 5.49. The van der Waals surface area contributed by atoms with Crippen LogP contribution in [0.15, 0.2) is 12.1 Å². The molecule has 1 heterocycles. The Morgan fingerprint density at radius 2 is 2.00 bits per heavy atom. The van der Waals surface area contributed by atoms with Crippen LogP contribution in [-0.2, 0) is 4.79 Å². The minimum atomic E-state index is -1.02. The molecule has 4 nitrogen and oxygen atoms in total. The van der Waals surface area contributed by atoms with Crippen LogP contribution in [0.3, 0.4) is 0 Å². The topological polar surface area (TPSA) is 79.1 Å². The molecule has 0 saturated carbocycles. The summed E-state index contributed by atoms with van der Waals surface area (Å²) in [4.78, 5) is 14.1. The second-order valence-electron chi connectivity index (χ2n) is 4.48. The molecule has 1 atom stereocenters. The number of carbonyl (C=O) groups is 1. The lowest BCUT2D eigenvalue weighted by Crippen LogP contribution is -2.21. The number of aromatic amines is 1. The Morgan fingerprint density at radius 1 is 1.35 bits per heavy atom. The van der Waals surface area contributed by atoms with Crippen LogP contribution in [0, 0.1) is 20.8 Å². The van der Waals surface area contributed by atoms with Crippen molar-refractivity contribution in [2.45, 2.75) is 26.8 Å². The maximum absolute atomic E-state index is 10.9. The average molecular weight is 232 g/mol. The molecule has 17 heavy (non-hydrogen) atoms. The number of hydrogen-bond donors (Lipinski definition) is 3. The van der Waals surface area contributed by atoms with E-state index in [1.165, 1.54) is 0 Å². The molecule has 0 aliphatic rings. The summed E-state index contributed by atoms with van der Waals surface area (Å²) in [6, 6.07) is 3.11. The van der Waals surface area contributed by atoms with Gasteiger partial charge in [0.15, 0.2) is 0 Å². The van der Waals surface area contributed by atoms with E-state index >= 15 is 0 Å². The zero-order valence-electron chi connectivity index (χ0n) is 10.2. The van der Waals surface area contributed by atoms with E-state index in [4.69, 9.17) is 10.8 Å². The van der Waals surface area contributed by atoms with E-state index in [0.29, 0.717) is 5.69 Å². The van der Waals surface area contributed by atoms with Gasteiger partial charge in [0.05, 0.1) is 0 Å². The number of benzene rings is 1. The molecular formula is C13H16N2O2. The highest BCUT2D eigenvalue weighted by atomic mass is 16.4. The predicted molar refractivity (Wildman–Crippen MR) is 67.1 cm³/mol. The van der Waals surface area contributed by atoms with Crippen LogP contribution in [0.4, 0.5) is 0 Å². The van der Waals surface area contributed by atoms with Crippen molar-refractivity contribution >= 4 is 16.9 Å². The molecule has 4 N–H and O–H groups in total. The van der Waals surface area contributed by atoms with Crippen LogP contribution in [0.5, 0.6) is 0 Å². The van der Waals surface area contributed by atoms with Gasteiger partial charge < -0.3 is 15.8 Å². The minimum absolute atomic E-state index is 0.584. The number of aromatic nitrogens is 1. The smallest absolute Gasteiger partial charge is 0.326 e. The quantitative estimate of drug-likeness (QED) is 0.742. The van der Waals surface area contributed by atoms with E-state index in [1.54, 1.807) is 0 Å². The monoisotopic (exact) mass is 232 g/mol. The molecule has 1 aromatic carbocycles. The fourth-order valence-corrected chi connectivity index (χ4v) is 2.24. The minimum Gasteiger partial charge on any atom is -0.480 e. The van der Waals surface area contributed by atoms with E-state index < -0.39 is 12.0 Å². The Morgan fingerprint density at radius 3 is 2.59 bits per heavy atom. The number of nitrogens with two attached hydrogens (primary N) is 1. The van der Waals surface area contributed by atoms with Crippen molar-refractivity contribution in [3.8, 4) is 0 Å². The number of carboxylic acid groups (broad SMARTS) is 1. The van der Waals surface area contributed by atoms with Gasteiger partial charge in [-0.25, -0.2) is 0 Å². The lowest BCUT2D eigenvalue weighted by molar-refractivity contribution is -0.138. The van der Waals surface area contributed by atoms with Crippen LogP contribution in [-0.4, -0.2) is 16.1 Å². The number of carboxylic acids is 1. The summed E-state index contributed by atoms with van der Waals surface area (Å²) in [7, 11) is 0. The van der Waals surface area contributed by atoms with E-state index in [-0.39, 0.29) is 0 Å². The molecule has 0 amide bonds. The molecule has 0 aliphatic heterocycles. The molecule has 1 aromatic heterocycles. The van der Waals surface area contributed by atoms with Gasteiger partial charge in [-0.05, 0) is 38.0 Å². The molecule has 1 unspecified atom stereocenters. The molecule has 0 radical (unpaired) electrons. The van der Waals surface area contributed by atoms with Gasteiger partial charge in [0.2, 0.25) is 0 Å². The first kappa shape index (κ1) is 11.7. The van der Waals surface area contributed by atoms with Gasteiger partial charge in [-0.1, -0.05) is 11.6 Å². The molecule has 0 fully saturated rings. The molecule has 2 rings (SSSR count). The van der Waals surface area contributed by atoms with Crippen LogP contribution >= 0.6 is 0 Å². The molecule has 0 bridgehead atoms. The average Bonchev–Trinajstić information content (AvgIpc) is 2.56. The van der Waals surface area contributed by atoms with Gasteiger partial charge in [0, 0.05) is 16.6 Å². The van der Waals surface area contributed by atoms with Crippen molar-refractivity contribution in [3.63, 3.8) is 0 Å². The first-order chi connectivity index (χ1) is 7.91. The van der Waals surface area contributed by atoms with Crippen LogP contribution in [0.2, 0.25) is 0 Å². The lowest BCUT2D eigenvalue weighted by Gasteiger charge is -2.04. The number of nitrogens with one attached hydrogen (secondary N) is 1. The number of hydrogen-bond acceptors (Lipinski definition) is 2. The van der Waals surface area contributed by atoms with Gasteiger partial charge in [0.1, 0.15) is 6.04 Å². The van der Waals surface area contributed by atoms with Crippen molar-refractivity contribution in [1.29, 1.82) is 0 Å². The Labute approximate surface area is 99.4 Å². The SMILES string of the molecule is Cc1cc(C)c2[nH]c(C(N)C(=O)O)c(C)c2c1. The van der Waals surface area contributed by atoms with Gasteiger partial charge >= 0.3 is 5.97 Å². The van der Waals surface area contributed by atoms with Gasteiger partial charge in [-0.2, -0.15) is 0 Å². The van der Waals surface area contributed by atoms with Crippen LogP contribution in [0.25, 0.3) is 10.9 Å². The van der Waals surface area contributed by atoms with E-state index in [9.17, 15) is 4.79 Å². The van der Waals surface area contributed by atoms with Gasteiger partial charge in [-0.15, -0.1) is 0 Å². The zero-order chi connectivity index (χ0) is 12.7. The highest BCUT2D eigenvalue weighted by Gasteiger charge is 2.20. The Kier molecular flexibility index (Phi) is 2.67. The third-order valence-corrected chi connectivity index (χ3v) is 3.12. The number of fused-ring (bicyclic) bond motifs is 1. The van der Waals surface area contributed by atoms with Crippen molar-refractivity contribution in [2.24, 2.45) is 5.73 Å². The Bertz CT molecular complexity index is 599. The lowest BCUT2D eigenvalue weighted by atomic mass is 10.0. The summed E-state index contributed by atoms with van der Waals surface area (Å²) in [5, 5.41) is 10.0. The molecule has 90 valence electrons. The van der Waals surface area contributed by atoms with Gasteiger partial charge in [-0.3, -0.25) is 4.79 Å². The maximum atomic E-state index is 10.9. The summed E-state index contributed by atoms with van der Waals surface area (Å²) in [5.41, 5.74) is 10.4. The fourth-order valence-electron chi connectivity index (χ4n) is 2.24. The molecule has 0 aliphatic carbocycles. The number of aryl methyl sites for hydroxylation is 3. The third-order valence-electron chi connectivity index (χ3n) is 3.12. The van der Waals surface area contributed by atoms with Crippen molar-refractivity contribution in [2.75, 3.05) is 0 Å². The summed E-state index contributed by atoms with van der Waals surface area (Å²) in [6.45, 7) is 5.92. The number of H-pyrrole nitrogens is 1. The molecule has 0 spiro atoms. The largest absolute Gasteiger partial charge is 0.480 e. The summed E-state index contributed by atoms with van der Waals surface area (Å²) in [5.74, 6) is -1.02. The second kappa shape index (κ2) is 3.89. The molecule has 4 heteroatoms. The summed E-state index contributed by atoms with van der Waals surface area (Å²) in [6.07, 6.45) is 0. The normalized spacial score (nSPS) is 12.9. The number of aliphatic carboxylic acids is 1. The summed E-state index contributed by atoms with van der Waals surface area (Å²) < 4.78 is 0. The predicted octanol–water partition coefficient (Wildman–Crippen LogP) is 2.18. The van der Waals surface area contributed by atoms with Gasteiger partial charge in [0.25, 0.3) is 0 Å². The Hall–Kier alpha value is -1.81. The van der Waals surface area contributed by atoms with E-state index in [0.717, 1.165) is 27.6 Å². The highest BCUT2D eigenvalue weighted by molar-refractivity contribution is 5.89. The van der Waals surface area contributed by atoms with Crippen LogP contribution in [0.1, 0.15) is 28.4 Å². The zero-order valence-corrected chi connectivity index (χ0v) is 10.2. The number of rotatable bonds is 2. The van der Waals surface area contributed by atoms with Crippen molar-refractivity contribution in [3.05, 3.63) is 34.5 Å². The molecular weight excluding hydrogens is 216 g/mol. The molecule has 0 saturated heterocycles. The Balaban J connectivity index is 2.73. The standard InChI is InChI=1S/C13H16N2O2/c1-6-4-7(2)11-9(5-6)8(3)12(15-11)10(14)13(16)17/h4-5,10,15H,14H2,1-3H3,(H,16,17). The van der Waals surface area contributed by atoms with E-state index in [2.05, 4.69) is 11.1 Å².